The van der Waals surface area contributed by atoms with Crippen LogP contribution in [-0.4, -0.2) is 21.4 Å². The van der Waals surface area contributed by atoms with E-state index in [0.29, 0.717) is 15.8 Å². The molecule has 31 heavy (non-hydrogen) atoms. The van der Waals surface area contributed by atoms with Crippen LogP contribution in [-0.2, 0) is 9.59 Å². The fraction of sp³-hybridized carbons (Fsp3) is 0.125. The number of thioether (sulfide) groups is 1. The van der Waals surface area contributed by atoms with Crippen LogP contribution < -0.4 is 15.0 Å². The molecule has 156 valence electrons. The largest absolute Gasteiger partial charge is 0.457 e. The minimum Gasteiger partial charge on any atom is -0.457 e. The first-order valence-corrected chi connectivity index (χ1v) is 11.0. The summed E-state index contributed by atoms with van der Waals surface area (Å²) in [6, 6.07) is 24.2. The van der Waals surface area contributed by atoms with Crippen LogP contribution in [0.4, 0.5) is 11.4 Å². The fourth-order valence-electron chi connectivity index (χ4n) is 3.23. The monoisotopic (exact) mass is 448 g/mol. The number of carbonyl (C=O) groups is 2. The van der Waals surface area contributed by atoms with Gasteiger partial charge in [0.25, 0.3) is 0 Å². The maximum atomic E-state index is 12.9. The average Bonchev–Trinajstić information content (AvgIpc) is 3.03. The smallest absolute Gasteiger partial charge is 0.246 e. The van der Waals surface area contributed by atoms with Gasteiger partial charge in [0.1, 0.15) is 21.1 Å². The molecule has 1 fully saturated rings. The van der Waals surface area contributed by atoms with E-state index in [-0.39, 0.29) is 18.2 Å². The molecule has 4 rings (SSSR count). The second-order valence-corrected chi connectivity index (χ2v) is 8.86. The number of rotatable bonds is 6. The van der Waals surface area contributed by atoms with Crippen molar-refractivity contribution in [3.63, 3.8) is 0 Å². The van der Waals surface area contributed by atoms with E-state index in [9.17, 15) is 9.59 Å². The molecule has 1 aliphatic rings. The minimum absolute atomic E-state index is 0.0499. The molecule has 5 nitrogen and oxygen atoms in total. The molecule has 0 saturated carbocycles. The predicted octanol–water partition coefficient (Wildman–Crippen LogP) is 5.55. The molecule has 1 aliphatic heterocycles. The summed E-state index contributed by atoms with van der Waals surface area (Å²) >= 11 is 6.66. The van der Waals surface area contributed by atoms with Gasteiger partial charge in [0.05, 0.1) is 5.69 Å². The lowest BCUT2D eigenvalue weighted by atomic mass is 10.1. The highest BCUT2D eigenvalue weighted by Crippen LogP contribution is 2.35. The molecule has 2 amide bonds. The van der Waals surface area contributed by atoms with Gasteiger partial charge in [-0.25, -0.2) is 0 Å². The Morgan fingerprint density at radius 2 is 1.65 bits per heavy atom. The van der Waals surface area contributed by atoms with Gasteiger partial charge in [-0.1, -0.05) is 60.4 Å². The van der Waals surface area contributed by atoms with Crippen molar-refractivity contribution in [3.05, 3.63) is 84.4 Å². The number of anilines is 2. The van der Waals surface area contributed by atoms with Crippen molar-refractivity contribution >= 4 is 51.5 Å². The molecule has 0 aliphatic carbocycles. The summed E-state index contributed by atoms with van der Waals surface area (Å²) in [5.41, 5.74) is 2.36. The first-order valence-electron chi connectivity index (χ1n) is 9.74. The molecule has 7 heteroatoms. The maximum Gasteiger partial charge on any atom is 0.246 e. The third kappa shape index (κ3) is 4.95. The molecule has 1 saturated heterocycles. The second kappa shape index (κ2) is 9.32. The van der Waals surface area contributed by atoms with E-state index in [1.807, 2.05) is 61.5 Å². The minimum atomic E-state index is -0.534. The summed E-state index contributed by atoms with van der Waals surface area (Å²) in [4.78, 5) is 27.0. The van der Waals surface area contributed by atoms with Crippen molar-refractivity contribution in [2.75, 3.05) is 10.2 Å². The lowest BCUT2D eigenvalue weighted by Gasteiger charge is -2.17. The normalized spacial score (nSPS) is 15.8. The third-order valence-electron chi connectivity index (χ3n) is 4.77. The molecule has 3 aromatic rings. The maximum absolute atomic E-state index is 12.9. The molecule has 0 radical (unpaired) electrons. The van der Waals surface area contributed by atoms with Crippen molar-refractivity contribution in [1.82, 2.24) is 0 Å². The predicted molar refractivity (Wildman–Crippen MR) is 129 cm³/mol. The van der Waals surface area contributed by atoms with Gasteiger partial charge in [-0.3, -0.25) is 14.5 Å². The Morgan fingerprint density at radius 1 is 1.00 bits per heavy atom. The molecule has 1 unspecified atom stereocenters. The summed E-state index contributed by atoms with van der Waals surface area (Å²) in [5, 5.41) is 2.30. The number of thiocarbonyl (C=S) groups is 1. The molecule has 0 bridgehead atoms. The van der Waals surface area contributed by atoms with Gasteiger partial charge in [-0.15, -0.1) is 0 Å². The van der Waals surface area contributed by atoms with Gasteiger partial charge in [0.2, 0.25) is 11.8 Å². The Morgan fingerprint density at radius 3 is 2.35 bits per heavy atom. The summed E-state index contributed by atoms with van der Waals surface area (Å²) in [6.07, 6.45) is 0.0499. The summed E-state index contributed by atoms with van der Waals surface area (Å²) < 4.78 is 6.23. The Balaban J connectivity index is 1.36. The molecule has 1 heterocycles. The number of carbonyl (C=O) groups excluding carboxylic acids is 2. The van der Waals surface area contributed by atoms with Crippen molar-refractivity contribution in [2.45, 2.75) is 18.6 Å². The lowest BCUT2D eigenvalue weighted by Crippen LogP contribution is -2.33. The van der Waals surface area contributed by atoms with Gasteiger partial charge >= 0.3 is 0 Å². The van der Waals surface area contributed by atoms with Crippen LogP contribution in [0.3, 0.4) is 0 Å². The van der Waals surface area contributed by atoms with Crippen LogP contribution >= 0.6 is 24.0 Å². The molecule has 1 atom stereocenters. The van der Waals surface area contributed by atoms with Crippen LogP contribution in [0.5, 0.6) is 11.5 Å². The first kappa shape index (κ1) is 21.1. The fourth-order valence-corrected chi connectivity index (χ4v) is 4.75. The summed E-state index contributed by atoms with van der Waals surface area (Å²) in [6.45, 7) is 1.93. The van der Waals surface area contributed by atoms with Gasteiger partial charge in [0.15, 0.2) is 0 Å². The van der Waals surface area contributed by atoms with Crippen LogP contribution in [0.2, 0.25) is 0 Å². The van der Waals surface area contributed by atoms with E-state index in [4.69, 9.17) is 17.0 Å². The van der Waals surface area contributed by atoms with E-state index in [1.54, 1.807) is 24.3 Å². The van der Waals surface area contributed by atoms with E-state index in [1.165, 1.54) is 16.7 Å². The zero-order chi connectivity index (χ0) is 21.8. The SMILES string of the molecule is Cc1ccccc1N1C(=O)C(CC(=O)Nc2ccc(Oc3ccccc3)cc2)SC1=S. The van der Waals surface area contributed by atoms with Crippen LogP contribution in [0.15, 0.2) is 78.9 Å². The molecular weight excluding hydrogens is 428 g/mol. The lowest BCUT2D eigenvalue weighted by molar-refractivity contribution is -0.121. The van der Waals surface area contributed by atoms with Gasteiger partial charge < -0.3 is 10.1 Å². The number of benzene rings is 3. The van der Waals surface area contributed by atoms with Gasteiger partial charge in [-0.2, -0.15) is 0 Å². The van der Waals surface area contributed by atoms with Crippen LogP contribution in [0.1, 0.15) is 12.0 Å². The van der Waals surface area contributed by atoms with Crippen molar-refractivity contribution in [2.24, 2.45) is 0 Å². The number of para-hydroxylation sites is 2. The van der Waals surface area contributed by atoms with Crippen molar-refractivity contribution in [1.29, 1.82) is 0 Å². The second-order valence-electron chi connectivity index (χ2n) is 7.02. The molecular formula is C24H20N2O3S2. The summed E-state index contributed by atoms with van der Waals surface area (Å²) in [7, 11) is 0. The Kier molecular flexibility index (Phi) is 6.34. The van der Waals surface area contributed by atoms with Crippen LogP contribution in [0, 0.1) is 6.92 Å². The highest BCUT2D eigenvalue weighted by atomic mass is 32.2. The molecule has 0 aromatic heterocycles. The van der Waals surface area contributed by atoms with E-state index < -0.39 is 5.25 Å². The standard InChI is InChI=1S/C24H20N2O3S2/c1-16-7-5-6-10-20(16)26-23(28)21(31-24(26)30)15-22(27)25-17-11-13-19(14-12-17)29-18-8-3-2-4-9-18/h2-14,21H,15H2,1H3,(H,25,27). The third-order valence-corrected chi connectivity index (χ3v) is 6.27. The average molecular weight is 449 g/mol. The van der Waals surface area contributed by atoms with E-state index in [2.05, 4.69) is 5.32 Å². The Labute approximate surface area is 190 Å². The highest BCUT2D eigenvalue weighted by Gasteiger charge is 2.39. The zero-order valence-corrected chi connectivity index (χ0v) is 18.4. The Bertz CT molecular complexity index is 1120. The first-order chi connectivity index (χ1) is 15.0. The van der Waals surface area contributed by atoms with Gasteiger partial charge in [0, 0.05) is 12.1 Å². The Hall–Kier alpha value is -3.16. The molecule has 3 aromatic carbocycles. The number of ether oxygens (including phenoxy) is 1. The molecule has 1 N–H and O–H groups in total. The van der Waals surface area contributed by atoms with Gasteiger partial charge in [-0.05, 0) is 55.0 Å². The highest BCUT2D eigenvalue weighted by molar-refractivity contribution is 8.25. The number of hydrogen-bond donors (Lipinski definition) is 1. The van der Waals surface area contributed by atoms with Crippen LogP contribution in [0.25, 0.3) is 0 Å². The van der Waals surface area contributed by atoms with Crippen molar-refractivity contribution in [3.8, 4) is 11.5 Å². The number of hydrogen-bond acceptors (Lipinski definition) is 5. The van der Waals surface area contributed by atoms with E-state index >= 15 is 0 Å². The number of nitrogens with zero attached hydrogens (tertiary/aromatic N) is 1. The molecule has 0 spiro atoms. The summed E-state index contributed by atoms with van der Waals surface area (Å²) in [5.74, 6) is 1.01. The zero-order valence-electron chi connectivity index (χ0n) is 16.8. The van der Waals surface area contributed by atoms with E-state index in [0.717, 1.165) is 17.0 Å². The number of nitrogens with one attached hydrogen (secondary N) is 1. The number of amides is 2. The number of aryl methyl sites for hydroxylation is 1. The van der Waals surface area contributed by atoms with Crippen molar-refractivity contribution < 1.29 is 14.3 Å². The topological polar surface area (TPSA) is 58.6 Å². The quantitative estimate of drug-likeness (QED) is 0.501.